The van der Waals surface area contributed by atoms with Crippen molar-refractivity contribution in [3.63, 3.8) is 0 Å². The standard InChI is InChI=1S/C37H71NO4Si3/c1-26(15-18-34(39)38-21-13-14-22-38)29-16-17-30-35-31(25-33(37(29,30)3)42-45(10,11)12)36(2)20-19-28(40-43(4,5)6)23-27(36)24-32(35)41-44(7,8)9/h26-33,35H,13-25H2,1-12H3/t26-,27+,28-,29-,30+,31+,32-,33+,35+,36+,37-/m1/s1. The summed E-state index contributed by atoms with van der Waals surface area (Å²) in [4.78, 5) is 15.2. The van der Waals surface area contributed by atoms with Crippen molar-refractivity contribution in [2.24, 2.45) is 46.3 Å². The van der Waals surface area contributed by atoms with E-state index in [0.29, 0.717) is 71.6 Å². The van der Waals surface area contributed by atoms with E-state index in [2.05, 4.69) is 84.6 Å². The first-order valence-corrected chi connectivity index (χ1v) is 29.2. The quantitative estimate of drug-likeness (QED) is 0.216. The lowest BCUT2D eigenvalue weighted by Crippen LogP contribution is -2.64. The van der Waals surface area contributed by atoms with Crippen LogP contribution in [0.2, 0.25) is 58.9 Å². The summed E-state index contributed by atoms with van der Waals surface area (Å²) in [5, 5.41) is 0. The van der Waals surface area contributed by atoms with Crippen molar-refractivity contribution in [3.05, 3.63) is 0 Å². The molecule has 0 spiro atoms. The van der Waals surface area contributed by atoms with Crippen LogP contribution in [-0.4, -0.2) is 67.2 Å². The predicted molar refractivity (Wildman–Crippen MR) is 195 cm³/mol. The molecule has 0 aromatic rings. The minimum atomic E-state index is -1.79. The van der Waals surface area contributed by atoms with Crippen molar-refractivity contribution in [1.82, 2.24) is 4.90 Å². The van der Waals surface area contributed by atoms with Crippen LogP contribution in [0.4, 0.5) is 0 Å². The minimum Gasteiger partial charge on any atom is -0.415 e. The third kappa shape index (κ3) is 7.76. The highest BCUT2D eigenvalue weighted by atomic mass is 28.4. The minimum absolute atomic E-state index is 0.139. The SMILES string of the molecule is C[C@H](CCC(=O)N1CCCC1)[C@H]1CC[C@H]2[C@@H]3[C@H](O[Si](C)(C)C)C[C@@H]4C[C@H](O[Si](C)(C)C)CC[C@]4(C)[C@H]3C[C@H](O[Si](C)(C)C)[C@]12C. The van der Waals surface area contributed by atoms with Gasteiger partial charge in [-0.2, -0.15) is 0 Å². The van der Waals surface area contributed by atoms with Crippen LogP contribution >= 0.6 is 0 Å². The molecule has 45 heavy (non-hydrogen) atoms. The van der Waals surface area contributed by atoms with Crippen molar-refractivity contribution < 1.29 is 18.1 Å². The van der Waals surface area contributed by atoms with E-state index in [1.165, 1.54) is 57.8 Å². The van der Waals surface area contributed by atoms with Gasteiger partial charge in [-0.05, 0) is 169 Å². The van der Waals surface area contributed by atoms with E-state index in [1.807, 2.05) is 0 Å². The molecule has 0 N–H and O–H groups in total. The van der Waals surface area contributed by atoms with Crippen LogP contribution in [-0.2, 0) is 18.1 Å². The molecule has 5 nitrogen and oxygen atoms in total. The van der Waals surface area contributed by atoms with Crippen molar-refractivity contribution in [3.8, 4) is 0 Å². The predicted octanol–water partition coefficient (Wildman–Crippen LogP) is 9.56. The molecule has 5 fully saturated rings. The number of hydrogen-bond acceptors (Lipinski definition) is 4. The Morgan fingerprint density at radius 1 is 0.800 bits per heavy atom. The second kappa shape index (κ2) is 13.0. The number of hydrogen-bond donors (Lipinski definition) is 0. The van der Waals surface area contributed by atoms with Gasteiger partial charge in [-0.15, -0.1) is 0 Å². The summed E-state index contributed by atoms with van der Waals surface area (Å²) >= 11 is 0. The lowest BCUT2D eigenvalue weighted by atomic mass is 9.43. The first kappa shape index (κ1) is 36.3. The molecule has 0 aromatic carbocycles. The van der Waals surface area contributed by atoms with Gasteiger partial charge in [-0.1, -0.05) is 20.8 Å². The zero-order chi connectivity index (χ0) is 33.2. The average Bonchev–Trinajstić information content (AvgIpc) is 3.55. The fourth-order valence-corrected chi connectivity index (χ4v) is 15.1. The van der Waals surface area contributed by atoms with E-state index < -0.39 is 25.0 Å². The van der Waals surface area contributed by atoms with Crippen molar-refractivity contribution in [2.45, 2.75) is 169 Å². The molecule has 4 saturated carbocycles. The van der Waals surface area contributed by atoms with Gasteiger partial charge in [0.15, 0.2) is 25.0 Å². The highest BCUT2D eigenvalue weighted by molar-refractivity contribution is 6.70. The monoisotopic (exact) mass is 677 g/mol. The number of carbonyl (C=O) groups is 1. The number of amides is 1. The molecule has 1 heterocycles. The molecule has 1 saturated heterocycles. The Kier molecular flexibility index (Phi) is 10.5. The van der Waals surface area contributed by atoms with Gasteiger partial charge >= 0.3 is 0 Å². The molecule has 5 rings (SSSR count). The van der Waals surface area contributed by atoms with Crippen LogP contribution in [0.3, 0.4) is 0 Å². The summed E-state index contributed by atoms with van der Waals surface area (Å²) in [5.41, 5.74) is 0.470. The molecule has 260 valence electrons. The van der Waals surface area contributed by atoms with Gasteiger partial charge < -0.3 is 18.2 Å². The molecular weight excluding hydrogens is 607 g/mol. The van der Waals surface area contributed by atoms with Gasteiger partial charge in [0.2, 0.25) is 5.91 Å². The highest BCUT2D eigenvalue weighted by Crippen LogP contribution is 2.69. The van der Waals surface area contributed by atoms with E-state index in [-0.39, 0.29) is 5.41 Å². The maximum atomic E-state index is 13.1. The Morgan fingerprint density at radius 2 is 1.42 bits per heavy atom. The molecular formula is C37H71NO4Si3. The zero-order valence-corrected chi connectivity index (χ0v) is 34.5. The number of likely N-dealkylation sites (tertiary alicyclic amines) is 1. The highest BCUT2D eigenvalue weighted by Gasteiger charge is 2.67. The van der Waals surface area contributed by atoms with Crippen LogP contribution < -0.4 is 0 Å². The molecule has 0 bridgehead atoms. The summed E-state index contributed by atoms with van der Waals surface area (Å²) in [6.07, 6.45) is 13.8. The molecule has 0 radical (unpaired) electrons. The van der Waals surface area contributed by atoms with Gasteiger partial charge in [0, 0.05) is 31.7 Å². The Labute approximate surface area is 281 Å². The Balaban J connectivity index is 1.46. The zero-order valence-electron chi connectivity index (χ0n) is 31.5. The maximum Gasteiger partial charge on any atom is 0.222 e. The van der Waals surface area contributed by atoms with Gasteiger partial charge in [0.05, 0.1) is 6.10 Å². The molecule has 1 amide bonds. The van der Waals surface area contributed by atoms with Crippen molar-refractivity contribution >= 4 is 30.9 Å². The molecule has 4 aliphatic carbocycles. The topological polar surface area (TPSA) is 48.0 Å². The largest absolute Gasteiger partial charge is 0.415 e. The fourth-order valence-electron chi connectivity index (χ4n) is 11.5. The number of rotatable bonds is 10. The summed E-state index contributed by atoms with van der Waals surface area (Å²) in [6, 6.07) is 0. The number of carbonyl (C=O) groups excluding carboxylic acids is 1. The summed E-state index contributed by atoms with van der Waals surface area (Å²) in [6.45, 7) is 31.2. The van der Waals surface area contributed by atoms with Crippen LogP contribution in [0.15, 0.2) is 0 Å². The first-order chi connectivity index (χ1) is 20.7. The first-order valence-electron chi connectivity index (χ1n) is 19.0. The van der Waals surface area contributed by atoms with Crippen LogP contribution in [0.5, 0.6) is 0 Å². The molecule has 8 heteroatoms. The van der Waals surface area contributed by atoms with Crippen LogP contribution in [0, 0.1) is 46.3 Å². The normalized spacial score (nSPS) is 41.4. The summed E-state index contributed by atoms with van der Waals surface area (Å²) in [7, 11) is -5.12. The fraction of sp³-hybridized carbons (Fsp3) is 0.973. The second-order valence-electron chi connectivity index (χ2n) is 19.7. The summed E-state index contributed by atoms with van der Waals surface area (Å²) < 4.78 is 21.5. The van der Waals surface area contributed by atoms with Gasteiger partial charge in [-0.25, -0.2) is 0 Å². The Morgan fingerprint density at radius 3 is 2.02 bits per heavy atom. The van der Waals surface area contributed by atoms with Gasteiger partial charge in [0.1, 0.15) is 0 Å². The van der Waals surface area contributed by atoms with E-state index in [4.69, 9.17) is 13.3 Å². The van der Waals surface area contributed by atoms with Crippen LogP contribution in [0.1, 0.15) is 91.4 Å². The average molecular weight is 678 g/mol. The smallest absolute Gasteiger partial charge is 0.222 e. The van der Waals surface area contributed by atoms with Crippen LogP contribution in [0.25, 0.3) is 0 Å². The van der Waals surface area contributed by atoms with E-state index in [0.717, 1.165) is 19.5 Å². The van der Waals surface area contributed by atoms with Gasteiger partial charge in [-0.3, -0.25) is 4.79 Å². The number of nitrogens with zero attached hydrogens (tertiary/aromatic N) is 1. The molecule has 0 unspecified atom stereocenters. The maximum absolute atomic E-state index is 13.1. The van der Waals surface area contributed by atoms with Crippen molar-refractivity contribution in [1.29, 1.82) is 0 Å². The molecule has 0 aromatic heterocycles. The number of fused-ring (bicyclic) bond motifs is 5. The third-order valence-electron chi connectivity index (χ3n) is 13.2. The van der Waals surface area contributed by atoms with Crippen molar-refractivity contribution in [2.75, 3.05) is 13.1 Å². The second-order valence-corrected chi connectivity index (χ2v) is 33.1. The summed E-state index contributed by atoms with van der Waals surface area (Å²) in [5.74, 6) is 4.09. The van der Waals surface area contributed by atoms with E-state index in [1.54, 1.807) is 0 Å². The Hall–Kier alpha value is 0.000649. The van der Waals surface area contributed by atoms with E-state index in [9.17, 15) is 4.79 Å². The third-order valence-corrected chi connectivity index (χ3v) is 16.3. The molecule has 5 aliphatic rings. The van der Waals surface area contributed by atoms with Gasteiger partial charge in [0.25, 0.3) is 0 Å². The molecule has 1 aliphatic heterocycles. The lowest BCUT2D eigenvalue weighted by molar-refractivity contribution is -0.199. The molecule has 11 atom stereocenters. The van der Waals surface area contributed by atoms with E-state index >= 15 is 0 Å². The lowest BCUT2D eigenvalue weighted by Gasteiger charge is -2.66. The Bertz CT molecular complexity index is 1050.